The third-order valence-electron chi connectivity index (χ3n) is 3.36. The van der Waals surface area contributed by atoms with Gasteiger partial charge in [0.1, 0.15) is 5.75 Å². The summed E-state index contributed by atoms with van der Waals surface area (Å²) in [5, 5.41) is 9.35. The largest absolute Gasteiger partial charge is 0.480 e. The van der Waals surface area contributed by atoms with Crippen LogP contribution in [0.4, 0.5) is 0 Å². The number of hydrogen-bond acceptors (Lipinski definition) is 5. The van der Waals surface area contributed by atoms with Gasteiger partial charge in [0.05, 0.1) is 13.5 Å². The van der Waals surface area contributed by atoms with Gasteiger partial charge in [-0.1, -0.05) is 48.5 Å². The van der Waals surface area contributed by atoms with Gasteiger partial charge in [0.15, 0.2) is 5.92 Å². The number of para-hydroxylation sites is 1. The van der Waals surface area contributed by atoms with Crippen LogP contribution in [0.1, 0.15) is 17.0 Å². The maximum Gasteiger partial charge on any atom is 0.330 e. The molecule has 2 aromatic carbocycles. The standard InChI is InChI=1S/C18H16O6/c1-23-15(19)11-13-9-5-6-10-14(13)24-18(22)16(17(20)21)12-7-3-2-4-8-12/h2-10,16H,11H2,1H3,(H,20,21). The van der Waals surface area contributed by atoms with Gasteiger partial charge < -0.3 is 14.6 Å². The average Bonchev–Trinajstić information content (AvgIpc) is 2.57. The summed E-state index contributed by atoms with van der Waals surface area (Å²) in [4.78, 5) is 35.2. The fourth-order valence-corrected chi connectivity index (χ4v) is 2.17. The van der Waals surface area contributed by atoms with Gasteiger partial charge in [-0.2, -0.15) is 0 Å². The zero-order chi connectivity index (χ0) is 17.5. The summed E-state index contributed by atoms with van der Waals surface area (Å²) in [6, 6.07) is 14.5. The minimum atomic E-state index is -1.45. The number of carboxylic acid groups (broad SMARTS) is 1. The first-order chi connectivity index (χ1) is 11.5. The Bertz CT molecular complexity index is 738. The molecule has 0 saturated carbocycles. The molecule has 6 heteroatoms. The van der Waals surface area contributed by atoms with Gasteiger partial charge >= 0.3 is 17.9 Å². The lowest BCUT2D eigenvalue weighted by Gasteiger charge is -2.14. The van der Waals surface area contributed by atoms with Crippen LogP contribution in [0.5, 0.6) is 5.75 Å². The summed E-state index contributed by atoms with van der Waals surface area (Å²) < 4.78 is 9.84. The first-order valence-corrected chi connectivity index (χ1v) is 7.17. The Morgan fingerprint density at radius 1 is 1.00 bits per heavy atom. The van der Waals surface area contributed by atoms with Crippen molar-refractivity contribution in [3.05, 3.63) is 65.7 Å². The van der Waals surface area contributed by atoms with E-state index < -0.39 is 23.8 Å². The van der Waals surface area contributed by atoms with Crippen molar-refractivity contribution in [1.29, 1.82) is 0 Å². The summed E-state index contributed by atoms with van der Waals surface area (Å²) in [6.07, 6.45) is -0.0803. The Hall–Kier alpha value is -3.15. The number of hydrogen-bond donors (Lipinski definition) is 1. The monoisotopic (exact) mass is 328 g/mol. The molecule has 0 aromatic heterocycles. The lowest BCUT2D eigenvalue weighted by molar-refractivity contribution is -0.149. The molecule has 0 radical (unpaired) electrons. The van der Waals surface area contributed by atoms with E-state index in [1.165, 1.54) is 13.2 Å². The third-order valence-corrected chi connectivity index (χ3v) is 3.36. The predicted molar refractivity (Wildman–Crippen MR) is 84.6 cm³/mol. The Balaban J connectivity index is 2.25. The van der Waals surface area contributed by atoms with E-state index in [2.05, 4.69) is 4.74 Å². The van der Waals surface area contributed by atoms with E-state index in [1.807, 2.05) is 0 Å². The fourth-order valence-electron chi connectivity index (χ4n) is 2.17. The molecule has 2 rings (SSSR count). The minimum absolute atomic E-state index is 0.0803. The number of methoxy groups -OCH3 is 1. The number of rotatable bonds is 6. The highest BCUT2D eigenvalue weighted by atomic mass is 16.5. The van der Waals surface area contributed by atoms with Crippen molar-refractivity contribution in [3.63, 3.8) is 0 Å². The van der Waals surface area contributed by atoms with Crippen LogP contribution in [0.2, 0.25) is 0 Å². The summed E-state index contributed by atoms with van der Waals surface area (Å²) in [5.41, 5.74) is 0.760. The van der Waals surface area contributed by atoms with Crippen molar-refractivity contribution in [3.8, 4) is 5.75 Å². The first-order valence-electron chi connectivity index (χ1n) is 7.17. The zero-order valence-corrected chi connectivity index (χ0v) is 13.0. The Morgan fingerprint density at radius 2 is 1.62 bits per heavy atom. The smallest absolute Gasteiger partial charge is 0.330 e. The van der Waals surface area contributed by atoms with Crippen LogP contribution >= 0.6 is 0 Å². The fraction of sp³-hybridized carbons (Fsp3) is 0.167. The third kappa shape index (κ3) is 4.19. The molecular formula is C18H16O6. The molecule has 0 fully saturated rings. The maximum atomic E-state index is 12.3. The zero-order valence-electron chi connectivity index (χ0n) is 13.0. The second-order valence-corrected chi connectivity index (χ2v) is 4.96. The van der Waals surface area contributed by atoms with Crippen LogP contribution in [0.25, 0.3) is 0 Å². The molecule has 1 N–H and O–H groups in total. The Labute approximate surface area is 138 Å². The number of esters is 2. The van der Waals surface area contributed by atoms with Gasteiger partial charge in [-0.05, 0) is 11.6 Å². The first kappa shape index (κ1) is 17.2. The topological polar surface area (TPSA) is 89.9 Å². The van der Waals surface area contributed by atoms with E-state index in [4.69, 9.17) is 4.74 Å². The molecule has 1 unspecified atom stereocenters. The summed E-state index contributed by atoms with van der Waals surface area (Å²) in [6.45, 7) is 0. The number of carbonyl (C=O) groups excluding carboxylic acids is 2. The van der Waals surface area contributed by atoms with E-state index in [0.29, 0.717) is 11.1 Å². The molecule has 0 heterocycles. The highest BCUT2D eigenvalue weighted by molar-refractivity contribution is 6.00. The highest BCUT2D eigenvalue weighted by Crippen LogP contribution is 2.23. The summed E-state index contributed by atoms with van der Waals surface area (Å²) in [5.74, 6) is -4.04. The average molecular weight is 328 g/mol. The van der Waals surface area contributed by atoms with Crippen LogP contribution in [0, 0.1) is 0 Å². The molecule has 0 aliphatic heterocycles. The normalized spacial score (nSPS) is 11.4. The molecule has 24 heavy (non-hydrogen) atoms. The van der Waals surface area contributed by atoms with Gasteiger partial charge in [0.25, 0.3) is 0 Å². The van der Waals surface area contributed by atoms with E-state index in [-0.39, 0.29) is 12.2 Å². The summed E-state index contributed by atoms with van der Waals surface area (Å²) in [7, 11) is 1.26. The second kappa shape index (κ2) is 7.92. The van der Waals surface area contributed by atoms with Gasteiger partial charge in [-0.15, -0.1) is 0 Å². The van der Waals surface area contributed by atoms with Crippen molar-refractivity contribution in [1.82, 2.24) is 0 Å². The van der Waals surface area contributed by atoms with Gasteiger partial charge in [0.2, 0.25) is 0 Å². The lowest BCUT2D eigenvalue weighted by atomic mass is 9.99. The number of ether oxygens (including phenoxy) is 2. The molecular weight excluding hydrogens is 312 g/mol. The maximum absolute atomic E-state index is 12.3. The molecule has 0 bridgehead atoms. The number of carboxylic acids is 1. The van der Waals surface area contributed by atoms with E-state index in [9.17, 15) is 19.5 Å². The molecule has 1 atom stereocenters. The van der Waals surface area contributed by atoms with Crippen LogP contribution in [-0.4, -0.2) is 30.1 Å². The molecule has 0 spiro atoms. The van der Waals surface area contributed by atoms with Crippen molar-refractivity contribution >= 4 is 17.9 Å². The number of aliphatic carboxylic acids is 1. The van der Waals surface area contributed by atoms with Crippen molar-refractivity contribution in [2.75, 3.05) is 7.11 Å². The number of carbonyl (C=O) groups is 3. The van der Waals surface area contributed by atoms with Crippen LogP contribution in [0.3, 0.4) is 0 Å². The van der Waals surface area contributed by atoms with Crippen LogP contribution in [-0.2, 0) is 25.5 Å². The quantitative estimate of drug-likeness (QED) is 0.496. The molecule has 2 aromatic rings. The summed E-state index contributed by atoms with van der Waals surface area (Å²) >= 11 is 0. The molecule has 124 valence electrons. The van der Waals surface area contributed by atoms with E-state index >= 15 is 0 Å². The van der Waals surface area contributed by atoms with Crippen LogP contribution in [0.15, 0.2) is 54.6 Å². The lowest BCUT2D eigenvalue weighted by Crippen LogP contribution is -2.26. The van der Waals surface area contributed by atoms with Crippen molar-refractivity contribution < 1.29 is 29.0 Å². The predicted octanol–water partition coefficient (Wildman–Crippen LogP) is 2.18. The van der Waals surface area contributed by atoms with Gasteiger partial charge in [-0.3, -0.25) is 14.4 Å². The molecule has 0 amide bonds. The Morgan fingerprint density at radius 3 is 2.25 bits per heavy atom. The minimum Gasteiger partial charge on any atom is -0.480 e. The highest BCUT2D eigenvalue weighted by Gasteiger charge is 2.30. The number of benzene rings is 2. The molecule has 0 aliphatic carbocycles. The van der Waals surface area contributed by atoms with Crippen molar-refractivity contribution in [2.24, 2.45) is 0 Å². The van der Waals surface area contributed by atoms with Crippen LogP contribution < -0.4 is 4.74 Å². The molecule has 0 aliphatic rings. The van der Waals surface area contributed by atoms with Crippen molar-refractivity contribution in [2.45, 2.75) is 12.3 Å². The van der Waals surface area contributed by atoms with Gasteiger partial charge in [0, 0.05) is 5.56 Å². The van der Waals surface area contributed by atoms with E-state index in [0.717, 1.165) is 0 Å². The van der Waals surface area contributed by atoms with E-state index in [1.54, 1.807) is 48.5 Å². The SMILES string of the molecule is COC(=O)Cc1ccccc1OC(=O)C(C(=O)O)c1ccccc1. The molecule has 0 saturated heterocycles. The second-order valence-electron chi connectivity index (χ2n) is 4.96. The van der Waals surface area contributed by atoms with Gasteiger partial charge in [-0.25, -0.2) is 0 Å². The molecule has 6 nitrogen and oxygen atoms in total. The Kier molecular flexibility index (Phi) is 5.68.